The second-order valence-corrected chi connectivity index (χ2v) is 3.81. The Morgan fingerprint density at radius 2 is 1.85 bits per heavy atom. The van der Waals surface area contributed by atoms with Crippen molar-refractivity contribution in [1.29, 1.82) is 0 Å². The fourth-order valence-electron chi connectivity index (χ4n) is 2.00. The minimum absolute atomic E-state index is 0. The zero-order chi connectivity index (χ0) is 11.6. The van der Waals surface area contributed by atoms with Gasteiger partial charge in [-0.3, -0.25) is 6.08 Å². The van der Waals surface area contributed by atoms with Crippen LogP contribution in [0.15, 0.2) is 42.0 Å². The molecule has 3 aliphatic carbocycles. The van der Waals surface area contributed by atoms with Gasteiger partial charge in [0.1, 0.15) is 0 Å². The maximum absolute atomic E-state index is 2.99. The van der Waals surface area contributed by atoms with Gasteiger partial charge in [0.15, 0.2) is 0 Å². The molecule has 1 atom stereocenters. The monoisotopic (exact) mass is 406 g/mol. The molecule has 0 aromatic rings. The van der Waals surface area contributed by atoms with Gasteiger partial charge in [0.25, 0.3) is 0 Å². The van der Waals surface area contributed by atoms with Gasteiger partial charge in [-0.1, -0.05) is 6.42 Å². The molecule has 0 aromatic heterocycles. The summed E-state index contributed by atoms with van der Waals surface area (Å²) in [5.74, 6) is 0.884. The van der Waals surface area contributed by atoms with Crippen LogP contribution in [0.1, 0.15) is 25.7 Å². The third-order valence-corrected chi connectivity index (χ3v) is 2.80. The van der Waals surface area contributed by atoms with Gasteiger partial charge in [-0.25, -0.2) is 30.2 Å². The Balaban J connectivity index is -0.000000104. The van der Waals surface area contributed by atoms with Crippen LogP contribution in [0.3, 0.4) is 0 Å². The molecule has 0 spiro atoms. The van der Waals surface area contributed by atoms with Gasteiger partial charge in [-0.2, -0.15) is 6.08 Å². The van der Waals surface area contributed by atoms with Crippen molar-refractivity contribution in [2.24, 2.45) is 5.92 Å². The summed E-state index contributed by atoms with van der Waals surface area (Å²) < 4.78 is 0. The number of rotatable bonds is 0. The summed E-state index contributed by atoms with van der Waals surface area (Å²) in [7, 11) is 0. The fourth-order valence-corrected chi connectivity index (χ4v) is 2.00. The van der Waals surface area contributed by atoms with Crippen molar-refractivity contribution in [2.75, 3.05) is 0 Å². The average molecular weight is 409 g/mol. The van der Waals surface area contributed by atoms with Gasteiger partial charge in [0.05, 0.1) is 0 Å². The normalized spacial score (nSPS) is 18.6. The molecule has 3 rings (SSSR count). The van der Waals surface area contributed by atoms with E-state index in [1.54, 1.807) is 28.9 Å². The quantitative estimate of drug-likeness (QED) is 0.405. The van der Waals surface area contributed by atoms with E-state index < -0.39 is 0 Å². The van der Waals surface area contributed by atoms with E-state index in [1.807, 2.05) is 19.0 Å². The van der Waals surface area contributed by atoms with Crippen LogP contribution >= 0.6 is 24.8 Å². The third-order valence-electron chi connectivity index (χ3n) is 2.80. The predicted molar refractivity (Wildman–Crippen MR) is 96.3 cm³/mol. The number of hydrogen-bond donors (Lipinski definition) is 0. The molecule has 1 saturated carbocycles. The van der Waals surface area contributed by atoms with Crippen molar-refractivity contribution in [2.45, 2.75) is 25.7 Å². The van der Waals surface area contributed by atoms with Crippen molar-refractivity contribution >= 4 is 31.7 Å². The SMILES string of the molecule is C1=CCC2CC[CH-]C2=C1.Cl.Cl.[C-]1=CC=CC1.[CH3-].[CH3-].[SiH2]=[Zr]. The molecule has 4 heteroatoms. The molecule has 20 heavy (non-hydrogen) atoms. The van der Waals surface area contributed by atoms with E-state index in [0.29, 0.717) is 0 Å². The molecule has 0 saturated heterocycles. The Morgan fingerprint density at radius 3 is 2.30 bits per heavy atom. The topological polar surface area (TPSA) is 0 Å². The third kappa shape index (κ3) is 11.2. The van der Waals surface area contributed by atoms with Crippen LogP contribution in [0.2, 0.25) is 0 Å². The van der Waals surface area contributed by atoms with Crippen LogP contribution in [-0.4, -0.2) is 6.88 Å². The number of allylic oxidation sites excluding steroid dienone is 8. The van der Waals surface area contributed by atoms with Gasteiger partial charge < -0.3 is 14.9 Å². The van der Waals surface area contributed by atoms with Crippen LogP contribution in [0.5, 0.6) is 0 Å². The molecule has 0 N–H and O–H groups in total. The van der Waals surface area contributed by atoms with Gasteiger partial charge in [0.2, 0.25) is 0 Å². The van der Waals surface area contributed by atoms with Crippen LogP contribution in [0.4, 0.5) is 0 Å². The summed E-state index contributed by atoms with van der Waals surface area (Å²) in [4.78, 5) is 0. The minimum atomic E-state index is 0. The van der Waals surface area contributed by atoms with E-state index in [2.05, 4.69) is 36.8 Å². The van der Waals surface area contributed by atoms with Gasteiger partial charge in [-0.05, 0) is 12.3 Å². The Hall–Kier alpha value is 0.510. The van der Waals surface area contributed by atoms with E-state index in [4.69, 9.17) is 0 Å². The van der Waals surface area contributed by atoms with E-state index in [-0.39, 0.29) is 39.7 Å². The molecule has 1 unspecified atom stereocenters. The van der Waals surface area contributed by atoms with E-state index in [1.165, 1.54) is 19.3 Å². The first-order valence-electron chi connectivity index (χ1n) is 5.74. The molecule has 3 aliphatic rings. The molecule has 0 radical (unpaired) electrons. The van der Waals surface area contributed by atoms with E-state index >= 15 is 0 Å². The van der Waals surface area contributed by atoms with Gasteiger partial charge in [0, 0.05) is 0 Å². The molecule has 1 fully saturated rings. The molecule has 0 nitrogen and oxygen atoms in total. The molecular weight excluding hydrogens is 382 g/mol. The summed E-state index contributed by atoms with van der Waals surface area (Å²) >= 11 is 1.58. The Bertz CT molecular complexity index is 312. The molecule has 0 aliphatic heterocycles. The number of fused-ring (bicyclic) bond motifs is 1. The second-order valence-electron chi connectivity index (χ2n) is 3.81. The van der Waals surface area contributed by atoms with Gasteiger partial charge >= 0.3 is 30.2 Å². The molecule has 0 amide bonds. The summed E-state index contributed by atoms with van der Waals surface area (Å²) in [6, 6.07) is 0. The van der Waals surface area contributed by atoms with Crippen molar-refractivity contribution in [3.05, 3.63) is 69.4 Å². The summed E-state index contributed by atoms with van der Waals surface area (Å²) in [6.45, 7) is 1.95. The molecule has 0 bridgehead atoms. The standard InChI is InChI=1S/C9H11.C5H5.2CH3.2ClH.H2Si.Zr/c1-2-5-9-7-3-6-8(9)4-1;1-2-4-5-3-1;;;;;;/h1-2,4,6,9H,3,5,7H2;1-3H,4H2;2*1H3;2*1H;1H2;/q4*-1;;;;. The summed E-state index contributed by atoms with van der Waals surface area (Å²) in [6.07, 6.45) is 23.0. The number of halogens is 2. The summed E-state index contributed by atoms with van der Waals surface area (Å²) in [5.41, 5.74) is 1.58. The zero-order valence-electron chi connectivity index (χ0n) is 12.5. The summed E-state index contributed by atoms with van der Waals surface area (Å²) in [5, 5.41) is 0. The second kappa shape index (κ2) is 19.5. The Kier molecular flexibility index (Phi) is 27.9. The first-order valence-corrected chi connectivity index (χ1v) is 11.7. The van der Waals surface area contributed by atoms with E-state index in [0.717, 1.165) is 12.3 Å². The fraction of sp³-hybridized carbons (Fsp3) is 0.312. The van der Waals surface area contributed by atoms with E-state index in [9.17, 15) is 0 Å². The van der Waals surface area contributed by atoms with Crippen LogP contribution in [0.25, 0.3) is 0 Å². The van der Waals surface area contributed by atoms with Crippen LogP contribution in [0, 0.1) is 33.3 Å². The molecule has 0 heterocycles. The average Bonchev–Trinajstić information content (AvgIpc) is 3.06. The Labute approximate surface area is 155 Å². The molecule has 0 aromatic carbocycles. The van der Waals surface area contributed by atoms with Crippen LogP contribution in [-0.2, 0) is 23.3 Å². The molecular formula is C16H26Cl2SiZr-4. The van der Waals surface area contributed by atoms with Crippen LogP contribution < -0.4 is 0 Å². The van der Waals surface area contributed by atoms with Crippen molar-refractivity contribution in [1.82, 2.24) is 0 Å². The van der Waals surface area contributed by atoms with Crippen molar-refractivity contribution in [3.63, 3.8) is 0 Å². The first-order chi connectivity index (χ1) is 7.97. The van der Waals surface area contributed by atoms with Crippen molar-refractivity contribution < 1.29 is 23.3 Å². The van der Waals surface area contributed by atoms with Gasteiger partial charge in [-0.15, -0.1) is 49.8 Å². The molecule has 116 valence electrons. The Morgan fingerprint density at radius 1 is 1.15 bits per heavy atom. The maximum atomic E-state index is 2.99. The predicted octanol–water partition coefficient (Wildman–Crippen LogP) is 4.62. The van der Waals surface area contributed by atoms with Crippen molar-refractivity contribution in [3.8, 4) is 0 Å². The first kappa shape index (κ1) is 28.6. The zero-order valence-corrected chi connectivity index (χ0v) is 18.0. The number of hydrogen-bond acceptors (Lipinski definition) is 0.